The van der Waals surface area contributed by atoms with Crippen LogP contribution in [0.5, 0.6) is 5.88 Å². The number of aromatic nitrogens is 3. The minimum absolute atomic E-state index is 0.0185. The van der Waals surface area contributed by atoms with E-state index in [4.69, 9.17) is 10.0 Å². The van der Waals surface area contributed by atoms with E-state index in [-0.39, 0.29) is 5.88 Å². The molecule has 0 aliphatic rings. The lowest BCUT2D eigenvalue weighted by Gasteiger charge is -1.98. The Balaban J connectivity index is 2.59. The van der Waals surface area contributed by atoms with E-state index in [1.54, 1.807) is 0 Å². The second-order valence-corrected chi connectivity index (χ2v) is 1.40. The van der Waals surface area contributed by atoms with Gasteiger partial charge < -0.3 is 14.7 Å². The number of hydrogen-bond acceptors (Lipinski definition) is 6. The predicted octanol–water partition coefficient (Wildman–Crippen LogP) is -1.78. The van der Waals surface area contributed by atoms with Crippen LogP contribution in [0.2, 0.25) is 0 Å². The summed E-state index contributed by atoms with van der Waals surface area (Å²) in [6, 6.07) is 1.35. The third-order valence-electron chi connectivity index (χ3n) is 0.705. The highest BCUT2D eigenvalue weighted by Gasteiger charge is 2.11. The fraction of sp³-hybridized carbons (Fsp3) is 0. The molecule has 0 unspecified atom stereocenters. The molecule has 52 valence electrons. The normalized spacial score (nSPS) is 9.00. The van der Waals surface area contributed by atoms with Crippen LogP contribution >= 0.6 is 0 Å². The first-order valence-electron chi connectivity index (χ1n) is 2.46. The van der Waals surface area contributed by atoms with E-state index in [0.717, 1.165) is 0 Å². The van der Waals surface area contributed by atoms with Crippen molar-refractivity contribution in [2.45, 2.75) is 0 Å². The van der Waals surface area contributed by atoms with E-state index in [0.29, 0.717) is 0 Å². The van der Waals surface area contributed by atoms with E-state index in [1.165, 1.54) is 12.3 Å². The van der Waals surface area contributed by atoms with Crippen LogP contribution < -0.4 is 4.65 Å². The summed E-state index contributed by atoms with van der Waals surface area (Å²) in [5, 5.41) is 26.4. The molecule has 0 aliphatic carbocycles. The van der Waals surface area contributed by atoms with Crippen molar-refractivity contribution >= 4 is 7.32 Å². The molecule has 7 heteroatoms. The highest BCUT2D eigenvalue weighted by molar-refractivity contribution is 6.33. The molecule has 1 aromatic rings. The minimum Gasteiger partial charge on any atom is -0.496 e. The summed E-state index contributed by atoms with van der Waals surface area (Å²) in [4.78, 5) is 0. The van der Waals surface area contributed by atoms with Crippen molar-refractivity contribution in [2.75, 3.05) is 0 Å². The third kappa shape index (κ3) is 1.96. The minimum atomic E-state index is -1.86. The average molecular weight is 141 g/mol. The lowest BCUT2D eigenvalue weighted by atomic mass is 10.3. The monoisotopic (exact) mass is 141 g/mol. The molecule has 0 radical (unpaired) electrons. The summed E-state index contributed by atoms with van der Waals surface area (Å²) < 4.78 is 4.31. The van der Waals surface area contributed by atoms with Gasteiger partial charge >= 0.3 is 7.32 Å². The van der Waals surface area contributed by atoms with Gasteiger partial charge in [-0.3, -0.25) is 0 Å². The van der Waals surface area contributed by atoms with Crippen LogP contribution in [0, 0.1) is 0 Å². The molecule has 0 bridgehead atoms. The molecule has 10 heavy (non-hydrogen) atoms. The van der Waals surface area contributed by atoms with Gasteiger partial charge in [0.1, 0.15) is 0 Å². The highest BCUT2D eigenvalue weighted by atomic mass is 16.6. The first-order chi connectivity index (χ1) is 4.79. The quantitative estimate of drug-likeness (QED) is 0.473. The van der Waals surface area contributed by atoms with Gasteiger partial charge in [-0.2, -0.15) is 0 Å². The first kappa shape index (κ1) is 6.91. The molecular weight excluding hydrogens is 137 g/mol. The molecule has 1 rings (SSSR count). The summed E-state index contributed by atoms with van der Waals surface area (Å²) in [5.74, 6) is 0.0185. The maximum absolute atomic E-state index is 8.25. The summed E-state index contributed by atoms with van der Waals surface area (Å²) in [5.41, 5.74) is 0. The molecule has 0 saturated heterocycles. The van der Waals surface area contributed by atoms with Crippen molar-refractivity contribution < 1.29 is 14.7 Å². The first-order valence-corrected chi connectivity index (χ1v) is 2.46. The fourth-order valence-corrected chi connectivity index (χ4v) is 0.401. The molecular formula is C3H4BN3O3. The van der Waals surface area contributed by atoms with E-state index >= 15 is 0 Å². The second-order valence-electron chi connectivity index (χ2n) is 1.40. The Hall–Kier alpha value is -1.21. The van der Waals surface area contributed by atoms with Gasteiger partial charge in [-0.25, -0.2) is 0 Å². The van der Waals surface area contributed by atoms with Gasteiger partial charge in [-0.15, -0.1) is 5.10 Å². The van der Waals surface area contributed by atoms with Crippen LogP contribution in [0.15, 0.2) is 12.3 Å². The maximum atomic E-state index is 8.25. The molecule has 2 N–H and O–H groups in total. The van der Waals surface area contributed by atoms with E-state index in [1.807, 2.05) is 0 Å². The SMILES string of the molecule is OB(O)Oc1ccnnn1. The zero-order valence-corrected chi connectivity index (χ0v) is 4.88. The Bertz CT molecular complexity index is 193. The van der Waals surface area contributed by atoms with Gasteiger partial charge in [0.05, 0.1) is 6.20 Å². The second kappa shape index (κ2) is 3.09. The van der Waals surface area contributed by atoms with Crippen molar-refractivity contribution in [1.29, 1.82) is 0 Å². The molecule has 0 saturated carbocycles. The van der Waals surface area contributed by atoms with Gasteiger partial charge in [0, 0.05) is 6.07 Å². The van der Waals surface area contributed by atoms with Crippen molar-refractivity contribution in [1.82, 2.24) is 15.4 Å². The van der Waals surface area contributed by atoms with Crippen LogP contribution in [0.4, 0.5) is 0 Å². The Morgan fingerprint density at radius 1 is 1.50 bits per heavy atom. The van der Waals surface area contributed by atoms with Crippen molar-refractivity contribution in [3.8, 4) is 5.88 Å². The average Bonchev–Trinajstić information content (AvgIpc) is 1.88. The van der Waals surface area contributed by atoms with Crippen LogP contribution in [0.25, 0.3) is 0 Å². The fourth-order valence-electron chi connectivity index (χ4n) is 0.401. The summed E-state index contributed by atoms with van der Waals surface area (Å²) >= 11 is 0. The molecule has 0 amide bonds. The van der Waals surface area contributed by atoms with Crippen LogP contribution in [-0.4, -0.2) is 32.8 Å². The molecule has 0 aromatic carbocycles. The Labute approximate surface area is 56.7 Å². The lowest BCUT2D eigenvalue weighted by molar-refractivity contribution is 0.281. The molecule has 0 fully saturated rings. The Morgan fingerprint density at radius 2 is 2.30 bits per heavy atom. The Kier molecular flexibility index (Phi) is 2.13. The number of rotatable bonds is 2. The van der Waals surface area contributed by atoms with Crippen LogP contribution in [-0.2, 0) is 0 Å². The van der Waals surface area contributed by atoms with Gasteiger partial charge in [0.15, 0.2) is 0 Å². The zero-order chi connectivity index (χ0) is 7.40. The molecule has 1 heterocycles. The smallest absolute Gasteiger partial charge is 0.496 e. The highest BCUT2D eigenvalue weighted by Crippen LogP contribution is 1.98. The predicted molar refractivity (Wildman–Crippen MR) is 30.6 cm³/mol. The zero-order valence-electron chi connectivity index (χ0n) is 4.88. The summed E-state index contributed by atoms with van der Waals surface area (Å²) in [7, 11) is -1.86. The standard InChI is InChI=1S/C3H4BN3O3/c8-4(9)10-3-1-2-5-7-6-3/h1-2,8-9H. The van der Waals surface area contributed by atoms with E-state index in [9.17, 15) is 0 Å². The van der Waals surface area contributed by atoms with Crippen molar-refractivity contribution in [2.24, 2.45) is 0 Å². The van der Waals surface area contributed by atoms with Gasteiger partial charge in [0.2, 0.25) is 5.88 Å². The third-order valence-corrected chi connectivity index (χ3v) is 0.705. The van der Waals surface area contributed by atoms with Crippen LogP contribution in [0.3, 0.4) is 0 Å². The van der Waals surface area contributed by atoms with Gasteiger partial charge in [0.25, 0.3) is 0 Å². The maximum Gasteiger partial charge on any atom is 0.708 e. The molecule has 6 nitrogen and oxygen atoms in total. The van der Waals surface area contributed by atoms with Crippen LogP contribution in [0.1, 0.15) is 0 Å². The largest absolute Gasteiger partial charge is 0.708 e. The molecule has 1 aromatic heterocycles. The molecule has 0 atom stereocenters. The van der Waals surface area contributed by atoms with Gasteiger partial charge in [-0.05, 0) is 5.21 Å². The number of nitrogens with zero attached hydrogens (tertiary/aromatic N) is 3. The summed E-state index contributed by atoms with van der Waals surface area (Å²) in [6.45, 7) is 0. The number of hydrogen-bond donors (Lipinski definition) is 2. The summed E-state index contributed by atoms with van der Waals surface area (Å²) in [6.07, 6.45) is 1.32. The lowest BCUT2D eigenvalue weighted by Crippen LogP contribution is -2.21. The Morgan fingerprint density at radius 3 is 2.80 bits per heavy atom. The van der Waals surface area contributed by atoms with Crippen molar-refractivity contribution in [3.05, 3.63) is 12.3 Å². The van der Waals surface area contributed by atoms with Crippen molar-refractivity contribution in [3.63, 3.8) is 0 Å². The van der Waals surface area contributed by atoms with Gasteiger partial charge in [-0.1, -0.05) is 5.10 Å². The van der Waals surface area contributed by atoms with E-state index in [2.05, 4.69) is 20.1 Å². The topological polar surface area (TPSA) is 88.4 Å². The molecule has 0 aliphatic heterocycles. The van der Waals surface area contributed by atoms with E-state index < -0.39 is 7.32 Å². The molecule has 0 spiro atoms.